The van der Waals surface area contributed by atoms with E-state index in [2.05, 4.69) is 5.32 Å². The Bertz CT molecular complexity index is 1030. The summed E-state index contributed by atoms with van der Waals surface area (Å²) < 4.78 is 5.87. The molecule has 3 aromatic rings. The van der Waals surface area contributed by atoms with Crippen LogP contribution in [0.15, 0.2) is 78.9 Å². The van der Waals surface area contributed by atoms with Gasteiger partial charge in [-0.25, -0.2) is 0 Å². The van der Waals surface area contributed by atoms with Gasteiger partial charge in [-0.3, -0.25) is 9.59 Å². The van der Waals surface area contributed by atoms with Crippen molar-refractivity contribution in [1.29, 1.82) is 0 Å². The molecule has 2 amide bonds. The summed E-state index contributed by atoms with van der Waals surface area (Å²) >= 11 is 0. The second-order valence-electron chi connectivity index (χ2n) is 7.55. The molecule has 0 aromatic heterocycles. The molecule has 31 heavy (non-hydrogen) atoms. The van der Waals surface area contributed by atoms with E-state index >= 15 is 0 Å². The van der Waals surface area contributed by atoms with Crippen LogP contribution < -0.4 is 10.1 Å². The predicted molar refractivity (Wildman–Crippen MR) is 123 cm³/mol. The fourth-order valence-corrected chi connectivity index (χ4v) is 3.28. The van der Waals surface area contributed by atoms with Crippen molar-refractivity contribution in [3.63, 3.8) is 0 Å². The Kier molecular flexibility index (Phi) is 7.44. The summed E-state index contributed by atoms with van der Waals surface area (Å²) in [7, 11) is 1.77. The number of carbonyl (C=O) groups is 2. The van der Waals surface area contributed by atoms with Crippen LogP contribution in [0.3, 0.4) is 0 Å². The van der Waals surface area contributed by atoms with Crippen LogP contribution in [-0.4, -0.2) is 29.9 Å². The standard InChI is InChI=1S/C26H28N2O3/c1-4-24(31-23-15-8-10-19(2)16-23)25(29)27-22-14-9-13-21(17-22)26(30)28(3)18-20-11-6-5-7-12-20/h5-17,24H,4,18H2,1-3H3,(H,27,29). The van der Waals surface area contributed by atoms with Crippen molar-refractivity contribution in [1.82, 2.24) is 4.90 Å². The maximum atomic E-state index is 12.8. The number of hydrogen-bond acceptors (Lipinski definition) is 3. The molecule has 3 aromatic carbocycles. The summed E-state index contributed by atoms with van der Waals surface area (Å²) in [6.45, 7) is 4.39. The first-order valence-electron chi connectivity index (χ1n) is 10.4. The number of aryl methyl sites for hydroxylation is 1. The molecule has 0 aliphatic heterocycles. The van der Waals surface area contributed by atoms with Gasteiger partial charge in [0.25, 0.3) is 11.8 Å². The fraction of sp³-hybridized carbons (Fsp3) is 0.231. The van der Waals surface area contributed by atoms with E-state index in [9.17, 15) is 9.59 Å². The Labute approximate surface area is 183 Å². The molecule has 0 saturated heterocycles. The van der Waals surface area contributed by atoms with Crippen LogP contribution >= 0.6 is 0 Å². The van der Waals surface area contributed by atoms with E-state index in [4.69, 9.17) is 4.74 Å². The molecule has 0 saturated carbocycles. The van der Waals surface area contributed by atoms with Gasteiger partial charge >= 0.3 is 0 Å². The monoisotopic (exact) mass is 416 g/mol. The zero-order chi connectivity index (χ0) is 22.2. The van der Waals surface area contributed by atoms with E-state index in [0.29, 0.717) is 30.0 Å². The number of amides is 2. The molecule has 5 heteroatoms. The summed E-state index contributed by atoms with van der Waals surface area (Å²) in [5.41, 5.74) is 3.21. The van der Waals surface area contributed by atoms with Gasteiger partial charge in [-0.1, -0.05) is 55.5 Å². The summed E-state index contributed by atoms with van der Waals surface area (Å²) in [5.74, 6) is 0.308. The third-order valence-electron chi connectivity index (χ3n) is 4.92. The maximum Gasteiger partial charge on any atom is 0.265 e. The van der Waals surface area contributed by atoms with Crippen molar-refractivity contribution in [2.45, 2.75) is 32.9 Å². The highest BCUT2D eigenvalue weighted by molar-refractivity contribution is 5.98. The third-order valence-corrected chi connectivity index (χ3v) is 4.92. The lowest BCUT2D eigenvalue weighted by Gasteiger charge is -2.19. The van der Waals surface area contributed by atoms with Crippen LogP contribution in [0.4, 0.5) is 5.69 Å². The van der Waals surface area contributed by atoms with E-state index < -0.39 is 6.10 Å². The number of carbonyl (C=O) groups excluding carboxylic acids is 2. The first-order valence-corrected chi connectivity index (χ1v) is 10.4. The first-order chi connectivity index (χ1) is 15.0. The number of hydrogen-bond donors (Lipinski definition) is 1. The Hall–Kier alpha value is -3.60. The van der Waals surface area contributed by atoms with Crippen molar-refractivity contribution < 1.29 is 14.3 Å². The van der Waals surface area contributed by atoms with E-state index in [-0.39, 0.29) is 11.8 Å². The van der Waals surface area contributed by atoms with Gasteiger partial charge in [-0.05, 0) is 54.8 Å². The molecular weight excluding hydrogens is 388 g/mol. The molecule has 160 valence electrons. The van der Waals surface area contributed by atoms with E-state index in [0.717, 1.165) is 11.1 Å². The number of nitrogens with one attached hydrogen (secondary N) is 1. The average molecular weight is 417 g/mol. The second kappa shape index (κ2) is 10.4. The summed E-state index contributed by atoms with van der Waals surface area (Å²) in [6.07, 6.45) is -0.0972. The van der Waals surface area contributed by atoms with Crippen LogP contribution in [0.5, 0.6) is 5.75 Å². The normalized spacial score (nSPS) is 11.5. The zero-order valence-corrected chi connectivity index (χ0v) is 18.2. The van der Waals surface area contributed by atoms with Crippen molar-refractivity contribution in [2.75, 3.05) is 12.4 Å². The topological polar surface area (TPSA) is 58.6 Å². The largest absolute Gasteiger partial charge is 0.481 e. The molecule has 0 aliphatic carbocycles. The van der Waals surface area contributed by atoms with Crippen LogP contribution in [0.2, 0.25) is 0 Å². The Morgan fingerprint density at radius 1 is 0.968 bits per heavy atom. The highest BCUT2D eigenvalue weighted by Crippen LogP contribution is 2.18. The molecule has 1 unspecified atom stereocenters. The Morgan fingerprint density at radius 3 is 2.42 bits per heavy atom. The average Bonchev–Trinajstić information content (AvgIpc) is 2.77. The molecule has 0 heterocycles. The van der Waals surface area contributed by atoms with Crippen molar-refractivity contribution in [3.05, 3.63) is 95.6 Å². The summed E-state index contributed by atoms with van der Waals surface area (Å²) in [6, 6.07) is 24.4. The quantitative estimate of drug-likeness (QED) is 0.558. The second-order valence-corrected chi connectivity index (χ2v) is 7.55. The van der Waals surface area contributed by atoms with Gasteiger partial charge in [0.2, 0.25) is 0 Å². The van der Waals surface area contributed by atoms with Gasteiger partial charge in [0.1, 0.15) is 5.75 Å². The minimum absolute atomic E-state index is 0.108. The summed E-state index contributed by atoms with van der Waals surface area (Å²) in [4.78, 5) is 27.3. The van der Waals surface area contributed by atoms with Gasteiger partial charge in [0.05, 0.1) is 0 Å². The van der Waals surface area contributed by atoms with Gasteiger partial charge in [0, 0.05) is 24.8 Å². The number of ether oxygens (including phenoxy) is 1. The zero-order valence-electron chi connectivity index (χ0n) is 18.2. The highest BCUT2D eigenvalue weighted by Gasteiger charge is 2.19. The van der Waals surface area contributed by atoms with Crippen LogP contribution in [0, 0.1) is 6.92 Å². The van der Waals surface area contributed by atoms with Crippen molar-refractivity contribution in [2.24, 2.45) is 0 Å². The number of benzene rings is 3. The van der Waals surface area contributed by atoms with Crippen LogP contribution in [-0.2, 0) is 11.3 Å². The molecule has 1 atom stereocenters. The highest BCUT2D eigenvalue weighted by atomic mass is 16.5. The first kappa shape index (κ1) is 22.1. The molecule has 5 nitrogen and oxygen atoms in total. The van der Waals surface area contributed by atoms with E-state index in [1.54, 1.807) is 36.2 Å². The third kappa shape index (κ3) is 6.19. The smallest absolute Gasteiger partial charge is 0.265 e. The van der Waals surface area contributed by atoms with Gasteiger partial charge in [-0.15, -0.1) is 0 Å². The maximum absolute atomic E-state index is 12.8. The summed E-state index contributed by atoms with van der Waals surface area (Å²) in [5, 5.41) is 2.88. The Balaban J connectivity index is 1.66. The number of nitrogens with zero attached hydrogens (tertiary/aromatic N) is 1. The SMILES string of the molecule is CCC(Oc1cccc(C)c1)C(=O)Nc1cccc(C(=O)N(C)Cc2ccccc2)c1. The minimum Gasteiger partial charge on any atom is -0.481 e. The number of rotatable bonds is 8. The van der Waals surface area contributed by atoms with Crippen molar-refractivity contribution >= 4 is 17.5 Å². The Morgan fingerprint density at radius 2 is 1.71 bits per heavy atom. The van der Waals surface area contributed by atoms with Gasteiger partial charge < -0.3 is 15.0 Å². The molecule has 1 N–H and O–H groups in total. The molecule has 0 radical (unpaired) electrons. The number of anilines is 1. The van der Waals surface area contributed by atoms with E-state index in [1.807, 2.05) is 68.4 Å². The molecule has 0 aliphatic rings. The lowest BCUT2D eigenvalue weighted by atomic mass is 10.1. The lowest BCUT2D eigenvalue weighted by molar-refractivity contribution is -0.122. The van der Waals surface area contributed by atoms with Gasteiger partial charge in [0.15, 0.2) is 6.10 Å². The fourth-order valence-electron chi connectivity index (χ4n) is 3.28. The van der Waals surface area contributed by atoms with Gasteiger partial charge in [-0.2, -0.15) is 0 Å². The van der Waals surface area contributed by atoms with E-state index in [1.165, 1.54) is 0 Å². The van der Waals surface area contributed by atoms with Crippen molar-refractivity contribution in [3.8, 4) is 5.75 Å². The molecule has 0 bridgehead atoms. The molecule has 0 spiro atoms. The minimum atomic E-state index is -0.623. The molecule has 0 fully saturated rings. The van der Waals surface area contributed by atoms with Crippen LogP contribution in [0.25, 0.3) is 0 Å². The predicted octanol–water partition coefficient (Wildman–Crippen LogP) is 5.06. The molecule has 3 rings (SSSR count). The van der Waals surface area contributed by atoms with Crippen LogP contribution in [0.1, 0.15) is 34.8 Å². The lowest BCUT2D eigenvalue weighted by Crippen LogP contribution is -2.32. The molecular formula is C26H28N2O3.